The number of nitrogens with zero attached hydrogens (tertiary/aromatic N) is 3. The Labute approximate surface area is 226 Å². The highest BCUT2D eigenvalue weighted by molar-refractivity contribution is 7.99. The second kappa shape index (κ2) is 11.9. The lowest BCUT2D eigenvalue weighted by atomic mass is 9.99. The van der Waals surface area contributed by atoms with Crippen LogP contribution < -0.4 is 4.74 Å². The first kappa shape index (κ1) is 26.1. The highest BCUT2D eigenvalue weighted by Crippen LogP contribution is 2.34. The van der Waals surface area contributed by atoms with Gasteiger partial charge in [-0.25, -0.2) is 14.6 Å². The van der Waals surface area contributed by atoms with Gasteiger partial charge in [-0.15, -0.1) is 0 Å². The van der Waals surface area contributed by atoms with Gasteiger partial charge in [0.2, 0.25) is 0 Å². The smallest absolute Gasteiger partial charge is 0.410 e. The Morgan fingerprint density at radius 2 is 1.82 bits per heavy atom. The number of pyridine rings is 1. The summed E-state index contributed by atoms with van der Waals surface area (Å²) < 4.78 is 10.6. The number of rotatable bonds is 9. The molecule has 2 aliphatic rings. The molecule has 3 heterocycles. The van der Waals surface area contributed by atoms with Crippen molar-refractivity contribution in [3.8, 4) is 5.75 Å². The third-order valence-electron chi connectivity index (χ3n) is 7.02. The van der Waals surface area contributed by atoms with E-state index in [2.05, 4.69) is 23.1 Å². The first-order chi connectivity index (χ1) is 18.5. The quantitative estimate of drug-likeness (QED) is 0.403. The molecule has 2 aliphatic heterocycles. The molecule has 1 amide bonds. The number of carboxylic acids is 1. The molecule has 0 saturated carbocycles. The van der Waals surface area contributed by atoms with Crippen LogP contribution in [0.25, 0.3) is 0 Å². The molecule has 9 heteroatoms. The van der Waals surface area contributed by atoms with Crippen LogP contribution in [0.15, 0.2) is 76.7 Å². The van der Waals surface area contributed by atoms with Gasteiger partial charge in [-0.2, -0.15) is 0 Å². The average molecular weight is 534 g/mol. The summed E-state index contributed by atoms with van der Waals surface area (Å²) in [5.41, 5.74) is 3.33. The number of ether oxygens (including phenoxy) is 2. The summed E-state index contributed by atoms with van der Waals surface area (Å²) >= 11 is 1.56. The van der Waals surface area contributed by atoms with Gasteiger partial charge in [-0.1, -0.05) is 48.2 Å². The zero-order chi connectivity index (χ0) is 26.5. The van der Waals surface area contributed by atoms with Crippen LogP contribution >= 0.6 is 11.8 Å². The molecule has 1 aromatic heterocycles. The number of hydrogen-bond donors (Lipinski definition) is 1. The molecule has 8 nitrogen and oxygen atoms in total. The van der Waals surface area contributed by atoms with Gasteiger partial charge in [0.15, 0.2) is 6.61 Å². The first-order valence-corrected chi connectivity index (χ1v) is 13.6. The van der Waals surface area contributed by atoms with Crippen LogP contribution in [-0.2, 0) is 16.1 Å². The van der Waals surface area contributed by atoms with E-state index in [0.717, 1.165) is 53.7 Å². The zero-order valence-electron chi connectivity index (χ0n) is 21.3. The van der Waals surface area contributed by atoms with Crippen molar-refractivity contribution in [3.63, 3.8) is 0 Å². The number of aryl methyl sites for hydroxylation is 1. The maximum Gasteiger partial charge on any atom is 0.410 e. The van der Waals surface area contributed by atoms with E-state index in [4.69, 9.17) is 19.6 Å². The van der Waals surface area contributed by atoms with Gasteiger partial charge in [0, 0.05) is 36.3 Å². The SMILES string of the molecule is Cc1nc(Sc2ccc(OCC(=O)O)cc2)ccc1CN1CCC(N2C(=O)OC[C@H]2c2ccccc2)CC1. The average Bonchev–Trinajstić information content (AvgIpc) is 3.32. The van der Waals surface area contributed by atoms with Crippen molar-refractivity contribution >= 4 is 23.8 Å². The molecule has 2 saturated heterocycles. The van der Waals surface area contributed by atoms with E-state index in [9.17, 15) is 9.59 Å². The van der Waals surface area contributed by atoms with Crippen molar-refractivity contribution in [2.24, 2.45) is 0 Å². The largest absolute Gasteiger partial charge is 0.482 e. The number of amides is 1. The molecule has 5 rings (SSSR count). The molecule has 1 atom stereocenters. The Morgan fingerprint density at radius 3 is 2.50 bits per heavy atom. The molecule has 38 heavy (non-hydrogen) atoms. The summed E-state index contributed by atoms with van der Waals surface area (Å²) in [7, 11) is 0. The number of hydrogen-bond acceptors (Lipinski definition) is 7. The Bertz CT molecular complexity index is 1260. The minimum atomic E-state index is -0.999. The number of carbonyl (C=O) groups excluding carboxylic acids is 1. The molecule has 0 bridgehead atoms. The molecule has 198 valence electrons. The molecule has 2 fully saturated rings. The molecule has 1 N–H and O–H groups in total. The predicted molar refractivity (Wildman–Crippen MR) is 143 cm³/mol. The van der Waals surface area contributed by atoms with Crippen molar-refractivity contribution in [3.05, 3.63) is 83.6 Å². The van der Waals surface area contributed by atoms with Gasteiger partial charge in [-0.05, 0) is 61.2 Å². The monoisotopic (exact) mass is 533 g/mol. The highest BCUT2D eigenvalue weighted by Gasteiger charge is 2.40. The van der Waals surface area contributed by atoms with Crippen LogP contribution in [0.5, 0.6) is 5.75 Å². The summed E-state index contributed by atoms with van der Waals surface area (Å²) in [4.78, 5) is 33.4. The Morgan fingerprint density at radius 1 is 1.08 bits per heavy atom. The van der Waals surface area contributed by atoms with E-state index in [1.807, 2.05) is 48.2 Å². The lowest BCUT2D eigenvalue weighted by Crippen LogP contribution is -2.46. The number of benzene rings is 2. The second-order valence-electron chi connectivity index (χ2n) is 9.57. The summed E-state index contributed by atoms with van der Waals surface area (Å²) in [5.74, 6) is -0.474. The van der Waals surface area contributed by atoms with Crippen molar-refractivity contribution < 1.29 is 24.2 Å². The number of aromatic nitrogens is 1. The number of likely N-dealkylation sites (tertiary alicyclic amines) is 1. The fraction of sp³-hybridized carbons (Fsp3) is 0.345. The summed E-state index contributed by atoms with van der Waals surface area (Å²) in [6, 6.07) is 21.8. The normalized spacial score (nSPS) is 18.4. The fourth-order valence-electron chi connectivity index (χ4n) is 5.02. The topological polar surface area (TPSA) is 92.2 Å². The van der Waals surface area contributed by atoms with Gasteiger partial charge >= 0.3 is 12.1 Å². The standard InChI is InChI=1S/C29H31N3O5S/c1-20-22(7-12-27(30-20)38-25-10-8-24(9-11-25)36-19-28(33)34)17-31-15-13-23(14-16-31)32-26(18-37-29(32)35)21-5-3-2-4-6-21/h2-12,23,26H,13-19H2,1H3,(H,33,34)/t26-/m0/s1. The number of aliphatic carboxylic acids is 1. The number of carboxylic acid groups (broad SMARTS) is 1. The Hall–Kier alpha value is -3.56. The third-order valence-corrected chi connectivity index (χ3v) is 7.96. The van der Waals surface area contributed by atoms with Gasteiger partial charge in [0.05, 0.1) is 6.04 Å². The van der Waals surface area contributed by atoms with Crippen LogP contribution in [0.2, 0.25) is 0 Å². The van der Waals surface area contributed by atoms with Crippen LogP contribution in [0, 0.1) is 6.92 Å². The lowest BCUT2D eigenvalue weighted by molar-refractivity contribution is -0.139. The van der Waals surface area contributed by atoms with Crippen LogP contribution in [-0.4, -0.2) is 64.3 Å². The minimum Gasteiger partial charge on any atom is -0.482 e. The third kappa shape index (κ3) is 6.28. The number of piperidine rings is 1. The van der Waals surface area contributed by atoms with E-state index < -0.39 is 5.97 Å². The fourth-order valence-corrected chi connectivity index (χ4v) is 5.86. The number of carbonyl (C=O) groups is 2. The Balaban J connectivity index is 1.14. The lowest BCUT2D eigenvalue weighted by Gasteiger charge is -2.38. The molecule has 0 spiro atoms. The van der Waals surface area contributed by atoms with E-state index in [0.29, 0.717) is 12.4 Å². The van der Waals surface area contributed by atoms with Crippen molar-refractivity contribution in [2.75, 3.05) is 26.3 Å². The molecule has 3 aromatic rings. The second-order valence-corrected chi connectivity index (χ2v) is 10.7. The van der Waals surface area contributed by atoms with Crippen LogP contribution in [0.3, 0.4) is 0 Å². The maximum absolute atomic E-state index is 12.6. The summed E-state index contributed by atoms with van der Waals surface area (Å²) in [5, 5.41) is 9.64. The van der Waals surface area contributed by atoms with Crippen molar-refractivity contribution in [2.45, 2.75) is 48.3 Å². The van der Waals surface area contributed by atoms with Crippen molar-refractivity contribution in [1.29, 1.82) is 0 Å². The van der Waals surface area contributed by atoms with E-state index in [1.165, 1.54) is 5.56 Å². The molecule has 0 unspecified atom stereocenters. The molecular weight excluding hydrogens is 502 g/mol. The van der Waals surface area contributed by atoms with Gasteiger partial charge in [0.25, 0.3) is 0 Å². The van der Waals surface area contributed by atoms with Gasteiger partial charge in [0.1, 0.15) is 17.4 Å². The van der Waals surface area contributed by atoms with Crippen molar-refractivity contribution in [1.82, 2.24) is 14.8 Å². The molecule has 2 aromatic carbocycles. The highest BCUT2D eigenvalue weighted by atomic mass is 32.2. The van der Waals surface area contributed by atoms with E-state index >= 15 is 0 Å². The summed E-state index contributed by atoms with van der Waals surface area (Å²) in [6.45, 7) is 4.77. The van der Waals surface area contributed by atoms with E-state index in [-0.39, 0.29) is 24.8 Å². The zero-order valence-corrected chi connectivity index (χ0v) is 22.1. The number of cyclic esters (lactones) is 1. The van der Waals surface area contributed by atoms with Gasteiger partial charge < -0.3 is 14.6 Å². The molecule has 0 radical (unpaired) electrons. The van der Waals surface area contributed by atoms with Gasteiger partial charge in [-0.3, -0.25) is 9.80 Å². The summed E-state index contributed by atoms with van der Waals surface area (Å²) in [6.07, 6.45) is 1.64. The van der Waals surface area contributed by atoms with E-state index in [1.54, 1.807) is 23.9 Å². The Kier molecular flexibility index (Phi) is 8.14. The first-order valence-electron chi connectivity index (χ1n) is 12.8. The molecule has 0 aliphatic carbocycles. The predicted octanol–water partition coefficient (Wildman–Crippen LogP) is 5.16. The minimum absolute atomic E-state index is 0.00906. The van der Waals surface area contributed by atoms with Crippen LogP contribution in [0.1, 0.15) is 35.7 Å². The molecular formula is C29H31N3O5S. The van der Waals surface area contributed by atoms with Crippen LogP contribution in [0.4, 0.5) is 4.79 Å². The maximum atomic E-state index is 12.6.